The first-order chi connectivity index (χ1) is 13.8. The Hall–Kier alpha value is -2.65. The van der Waals surface area contributed by atoms with E-state index in [1.807, 2.05) is 4.90 Å². The summed E-state index contributed by atoms with van der Waals surface area (Å²) >= 11 is 0. The number of benzene rings is 1. The minimum absolute atomic E-state index is 0.115. The second kappa shape index (κ2) is 9.23. The Labute approximate surface area is 167 Å². The molecule has 3 rings (SSSR count). The van der Waals surface area contributed by atoms with Gasteiger partial charge in [0, 0.05) is 50.7 Å². The van der Waals surface area contributed by atoms with E-state index < -0.39 is 11.9 Å². The van der Waals surface area contributed by atoms with Gasteiger partial charge in [0.25, 0.3) is 0 Å². The van der Waals surface area contributed by atoms with Gasteiger partial charge in [-0.25, -0.2) is 0 Å². The van der Waals surface area contributed by atoms with Crippen molar-refractivity contribution in [1.82, 2.24) is 14.8 Å². The molecule has 1 N–H and O–H groups in total. The molecule has 1 aliphatic heterocycles. The van der Waals surface area contributed by atoms with Crippen LogP contribution in [-0.2, 0) is 17.5 Å². The zero-order chi connectivity index (χ0) is 20.9. The molecule has 6 nitrogen and oxygen atoms in total. The molecule has 9 heteroatoms. The highest BCUT2D eigenvalue weighted by Gasteiger charge is 2.32. The van der Waals surface area contributed by atoms with Crippen LogP contribution >= 0.6 is 0 Å². The van der Waals surface area contributed by atoms with Crippen molar-refractivity contribution in [3.8, 4) is 5.75 Å². The summed E-state index contributed by atoms with van der Waals surface area (Å²) in [6.07, 6.45) is -3.25. The van der Waals surface area contributed by atoms with Crippen LogP contribution in [0.1, 0.15) is 11.3 Å². The van der Waals surface area contributed by atoms with E-state index in [-0.39, 0.29) is 12.5 Å². The summed E-state index contributed by atoms with van der Waals surface area (Å²) in [6, 6.07) is 9.84. The number of halogens is 3. The number of methoxy groups -OCH3 is 1. The smallest absolute Gasteiger partial charge is 0.433 e. The van der Waals surface area contributed by atoms with Crippen molar-refractivity contribution in [2.75, 3.05) is 45.2 Å². The molecule has 1 fully saturated rings. The van der Waals surface area contributed by atoms with E-state index in [1.165, 1.54) is 6.20 Å². The van der Waals surface area contributed by atoms with Gasteiger partial charge < -0.3 is 10.1 Å². The number of carbonyl (C=O) groups excluding carboxylic acids is 1. The number of hydrogen-bond acceptors (Lipinski definition) is 5. The molecular weight excluding hydrogens is 385 g/mol. The van der Waals surface area contributed by atoms with Crippen LogP contribution in [0.2, 0.25) is 0 Å². The number of hydrogen-bond donors (Lipinski definition) is 1. The lowest BCUT2D eigenvalue weighted by molar-refractivity contribution is -0.141. The summed E-state index contributed by atoms with van der Waals surface area (Å²) in [5, 5.41) is 2.85. The summed E-state index contributed by atoms with van der Waals surface area (Å²) in [6.45, 7) is 3.38. The number of anilines is 1. The number of alkyl halides is 3. The van der Waals surface area contributed by atoms with Gasteiger partial charge in [0.1, 0.15) is 11.4 Å². The molecule has 1 saturated heterocycles. The molecule has 156 valence electrons. The van der Waals surface area contributed by atoms with Gasteiger partial charge in [-0.2, -0.15) is 13.2 Å². The Bertz CT molecular complexity index is 836. The number of carbonyl (C=O) groups is 1. The molecule has 2 aromatic rings. The van der Waals surface area contributed by atoms with Crippen molar-refractivity contribution in [3.63, 3.8) is 0 Å². The van der Waals surface area contributed by atoms with E-state index in [2.05, 4.69) is 15.2 Å². The standard InChI is InChI=1S/C20H23F3N4O2/c1-29-17-4-2-3-16(12-17)25-19(28)14-27-9-7-26(8-10-27)13-15-5-6-24-18(11-15)20(21,22)23/h2-6,11-12H,7-10,13-14H2,1H3,(H,25,28). The Morgan fingerprint density at radius 1 is 1.14 bits per heavy atom. The second-order valence-electron chi connectivity index (χ2n) is 6.88. The van der Waals surface area contributed by atoms with Crippen molar-refractivity contribution in [2.45, 2.75) is 12.7 Å². The van der Waals surface area contributed by atoms with E-state index >= 15 is 0 Å². The minimum atomic E-state index is -4.44. The highest BCUT2D eigenvalue weighted by atomic mass is 19.4. The third-order valence-electron chi connectivity index (χ3n) is 4.71. The van der Waals surface area contributed by atoms with Gasteiger partial charge in [-0.1, -0.05) is 6.07 Å². The monoisotopic (exact) mass is 408 g/mol. The van der Waals surface area contributed by atoms with Gasteiger partial charge in [-0.15, -0.1) is 0 Å². The number of rotatable bonds is 6. The van der Waals surface area contributed by atoms with Crippen LogP contribution in [0, 0.1) is 0 Å². The zero-order valence-corrected chi connectivity index (χ0v) is 16.1. The fourth-order valence-corrected chi connectivity index (χ4v) is 3.20. The van der Waals surface area contributed by atoms with Gasteiger partial charge in [-0.05, 0) is 29.8 Å². The van der Waals surface area contributed by atoms with Crippen molar-refractivity contribution < 1.29 is 22.7 Å². The first-order valence-corrected chi connectivity index (χ1v) is 9.24. The minimum Gasteiger partial charge on any atom is -0.497 e. The molecule has 0 unspecified atom stereocenters. The molecule has 0 spiro atoms. The SMILES string of the molecule is COc1cccc(NC(=O)CN2CCN(Cc3ccnc(C(F)(F)F)c3)CC2)c1. The molecule has 0 aliphatic carbocycles. The quantitative estimate of drug-likeness (QED) is 0.797. The fraction of sp³-hybridized carbons (Fsp3) is 0.400. The maximum absolute atomic E-state index is 12.8. The largest absolute Gasteiger partial charge is 0.497 e. The van der Waals surface area contributed by atoms with Crippen LogP contribution in [0.5, 0.6) is 5.75 Å². The zero-order valence-electron chi connectivity index (χ0n) is 16.1. The first kappa shape index (κ1) is 21.1. The normalized spacial score (nSPS) is 15.9. The number of pyridine rings is 1. The lowest BCUT2D eigenvalue weighted by atomic mass is 10.2. The third kappa shape index (κ3) is 6.16. The number of ether oxygens (including phenoxy) is 1. The molecule has 0 saturated carbocycles. The number of nitrogens with one attached hydrogen (secondary N) is 1. The van der Waals surface area contributed by atoms with E-state index in [4.69, 9.17) is 4.74 Å². The average molecular weight is 408 g/mol. The predicted molar refractivity (Wildman–Crippen MR) is 103 cm³/mol. The molecule has 1 aromatic heterocycles. The summed E-state index contributed by atoms with van der Waals surface area (Å²) in [7, 11) is 1.57. The van der Waals surface area contributed by atoms with Crippen LogP contribution in [-0.4, -0.2) is 60.5 Å². The summed E-state index contributed by atoms with van der Waals surface area (Å²) in [5.74, 6) is 0.553. The van der Waals surface area contributed by atoms with Gasteiger partial charge in [0.15, 0.2) is 0 Å². The Morgan fingerprint density at radius 3 is 2.55 bits per heavy atom. The third-order valence-corrected chi connectivity index (χ3v) is 4.71. The Balaban J connectivity index is 1.46. The van der Waals surface area contributed by atoms with Crippen LogP contribution in [0.25, 0.3) is 0 Å². The van der Waals surface area contributed by atoms with Crippen molar-refractivity contribution >= 4 is 11.6 Å². The molecule has 1 amide bonds. The molecule has 0 bridgehead atoms. The average Bonchev–Trinajstić information content (AvgIpc) is 2.69. The van der Waals surface area contributed by atoms with E-state index in [1.54, 1.807) is 37.4 Å². The summed E-state index contributed by atoms with van der Waals surface area (Å²) in [4.78, 5) is 19.8. The molecule has 1 aliphatic rings. The van der Waals surface area contributed by atoms with Gasteiger partial charge in [-0.3, -0.25) is 19.6 Å². The summed E-state index contributed by atoms with van der Waals surface area (Å²) in [5.41, 5.74) is 0.380. The molecule has 0 atom stereocenters. The maximum atomic E-state index is 12.8. The second-order valence-corrected chi connectivity index (χ2v) is 6.88. The van der Waals surface area contributed by atoms with Crippen LogP contribution < -0.4 is 10.1 Å². The Morgan fingerprint density at radius 2 is 1.86 bits per heavy atom. The van der Waals surface area contributed by atoms with Crippen LogP contribution in [0.3, 0.4) is 0 Å². The molecule has 0 radical (unpaired) electrons. The van der Waals surface area contributed by atoms with Gasteiger partial charge >= 0.3 is 6.18 Å². The maximum Gasteiger partial charge on any atom is 0.433 e. The summed E-state index contributed by atoms with van der Waals surface area (Å²) < 4.78 is 43.5. The highest BCUT2D eigenvalue weighted by Crippen LogP contribution is 2.28. The molecular formula is C20H23F3N4O2. The topological polar surface area (TPSA) is 57.7 Å². The number of aromatic nitrogens is 1. The number of nitrogens with zero attached hydrogens (tertiary/aromatic N) is 3. The molecule has 29 heavy (non-hydrogen) atoms. The van der Waals surface area contributed by atoms with Crippen LogP contribution in [0.4, 0.5) is 18.9 Å². The Kier molecular flexibility index (Phi) is 6.71. The van der Waals surface area contributed by atoms with Crippen molar-refractivity contribution in [1.29, 1.82) is 0 Å². The van der Waals surface area contributed by atoms with E-state index in [0.717, 1.165) is 6.07 Å². The number of amides is 1. The van der Waals surface area contributed by atoms with E-state index in [0.29, 0.717) is 49.7 Å². The predicted octanol–water partition coefficient (Wildman–Crippen LogP) is 2.87. The van der Waals surface area contributed by atoms with Gasteiger partial charge in [0.2, 0.25) is 5.91 Å². The van der Waals surface area contributed by atoms with Crippen molar-refractivity contribution in [2.24, 2.45) is 0 Å². The lowest BCUT2D eigenvalue weighted by Gasteiger charge is -2.34. The van der Waals surface area contributed by atoms with Crippen LogP contribution in [0.15, 0.2) is 42.6 Å². The van der Waals surface area contributed by atoms with Crippen molar-refractivity contribution in [3.05, 3.63) is 53.9 Å². The van der Waals surface area contributed by atoms with E-state index in [9.17, 15) is 18.0 Å². The first-order valence-electron chi connectivity index (χ1n) is 9.24. The molecule has 1 aromatic carbocycles. The highest BCUT2D eigenvalue weighted by molar-refractivity contribution is 5.92. The fourth-order valence-electron chi connectivity index (χ4n) is 3.20. The molecule has 2 heterocycles. The van der Waals surface area contributed by atoms with Gasteiger partial charge in [0.05, 0.1) is 13.7 Å². The lowest BCUT2D eigenvalue weighted by Crippen LogP contribution is -2.48. The number of piperazine rings is 1.